The fourth-order valence-corrected chi connectivity index (χ4v) is 4.73. The second-order valence-electron chi connectivity index (χ2n) is 8.64. The monoisotopic (exact) mass is 448 g/mol. The number of fused-ring (bicyclic) bond motifs is 1. The number of aromatic nitrogens is 4. The van der Waals surface area contributed by atoms with Crippen LogP contribution in [0.1, 0.15) is 64.0 Å². The number of rotatable bonds is 4. The highest BCUT2D eigenvalue weighted by Crippen LogP contribution is 2.36. The Hall–Kier alpha value is -3.62. The van der Waals surface area contributed by atoms with E-state index in [9.17, 15) is 14.0 Å². The summed E-state index contributed by atoms with van der Waals surface area (Å²) in [5.41, 5.74) is 3.70. The Kier molecular flexibility index (Phi) is 5.39. The number of nitrogens with one attached hydrogen (secondary N) is 1. The molecule has 0 unspecified atom stereocenters. The first-order valence-electron chi connectivity index (χ1n) is 11.2. The van der Waals surface area contributed by atoms with E-state index in [2.05, 4.69) is 10.2 Å². The van der Waals surface area contributed by atoms with Gasteiger partial charge in [-0.15, -0.1) is 0 Å². The predicted molar refractivity (Wildman–Crippen MR) is 119 cm³/mol. The minimum absolute atomic E-state index is 0.0517. The van der Waals surface area contributed by atoms with E-state index in [-0.39, 0.29) is 30.2 Å². The van der Waals surface area contributed by atoms with Gasteiger partial charge in [0.05, 0.1) is 24.3 Å². The third-order valence-electron chi connectivity index (χ3n) is 6.46. The van der Waals surface area contributed by atoms with Gasteiger partial charge in [0.1, 0.15) is 11.6 Å². The van der Waals surface area contributed by atoms with Gasteiger partial charge in [0.25, 0.3) is 5.91 Å². The number of likely N-dealkylation sites (tertiary alicyclic amines) is 1. The molecule has 1 atom stereocenters. The summed E-state index contributed by atoms with van der Waals surface area (Å²) in [6.07, 6.45) is 4.07. The van der Waals surface area contributed by atoms with Crippen LogP contribution in [0.5, 0.6) is 0 Å². The molecule has 9 heteroatoms. The molecule has 0 spiro atoms. The van der Waals surface area contributed by atoms with Crippen molar-refractivity contribution in [1.29, 1.82) is 0 Å². The molecule has 2 aromatic heterocycles. The van der Waals surface area contributed by atoms with Crippen LogP contribution in [0.2, 0.25) is 0 Å². The summed E-state index contributed by atoms with van der Waals surface area (Å²) in [7, 11) is 0. The highest BCUT2D eigenvalue weighted by atomic mass is 19.1. The van der Waals surface area contributed by atoms with E-state index in [1.165, 1.54) is 12.1 Å². The molecule has 0 radical (unpaired) electrons. The van der Waals surface area contributed by atoms with Gasteiger partial charge in [0.2, 0.25) is 5.91 Å². The molecule has 8 nitrogen and oxygen atoms in total. The topological polar surface area (TPSA) is 95.1 Å². The van der Waals surface area contributed by atoms with Gasteiger partial charge in [-0.2, -0.15) is 5.10 Å². The molecule has 0 saturated carbocycles. The van der Waals surface area contributed by atoms with Crippen LogP contribution in [0.4, 0.5) is 10.2 Å². The fourth-order valence-electron chi connectivity index (χ4n) is 4.73. The SMILES string of the molecule is Cc1nc([C@@H]2CCCN2C(=O)c2cn[nH]c2C)nc2c1CCC(=O)N2Cc1cccc(F)c1. The van der Waals surface area contributed by atoms with E-state index in [0.717, 1.165) is 29.8 Å². The summed E-state index contributed by atoms with van der Waals surface area (Å²) >= 11 is 0. The zero-order valence-corrected chi connectivity index (χ0v) is 18.6. The molecule has 0 aliphatic carbocycles. The number of nitrogens with zero attached hydrogens (tertiary/aromatic N) is 5. The number of carbonyl (C=O) groups is 2. The number of benzene rings is 1. The minimum atomic E-state index is -0.341. The first kappa shape index (κ1) is 21.2. The van der Waals surface area contributed by atoms with Gasteiger partial charge in [-0.25, -0.2) is 14.4 Å². The standard InChI is InChI=1S/C24H25FN6O2/c1-14-18-8-9-21(32)31(13-16-5-3-6-17(25)11-16)23(18)28-22(27-14)20-7-4-10-30(20)24(33)19-12-26-29-15(19)2/h3,5-6,11-12,20H,4,7-10,13H2,1-2H3,(H,26,29)/t20-/m0/s1. The van der Waals surface area contributed by atoms with Crippen LogP contribution in [0.3, 0.4) is 0 Å². The largest absolute Gasteiger partial charge is 0.328 e. The number of carbonyl (C=O) groups excluding carboxylic acids is 2. The van der Waals surface area contributed by atoms with Crippen LogP contribution < -0.4 is 4.90 Å². The zero-order valence-electron chi connectivity index (χ0n) is 18.6. The Morgan fingerprint density at radius 2 is 2.09 bits per heavy atom. The number of H-pyrrole nitrogens is 1. The van der Waals surface area contributed by atoms with E-state index < -0.39 is 0 Å². The summed E-state index contributed by atoms with van der Waals surface area (Å²) in [6, 6.07) is 5.97. The molecule has 33 heavy (non-hydrogen) atoms. The second-order valence-corrected chi connectivity index (χ2v) is 8.64. The van der Waals surface area contributed by atoms with Crippen LogP contribution in [0, 0.1) is 19.7 Å². The summed E-state index contributed by atoms with van der Waals surface area (Å²) in [5.74, 6) is 0.611. The van der Waals surface area contributed by atoms with E-state index in [4.69, 9.17) is 9.97 Å². The van der Waals surface area contributed by atoms with Crippen molar-refractivity contribution in [3.8, 4) is 0 Å². The summed E-state index contributed by atoms with van der Waals surface area (Å²) in [4.78, 5) is 39.0. The average molecular weight is 449 g/mol. The van der Waals surface area contributed by atoms with E-state index >= 15 is 0 Å². The molecule has 2 aliphatic heterocycles. The first-order valence-corrected chi connectivity index (χ1v) is 11.2. The normalized spacial score (nSPS) is 18.0. The minimum Gasteiger partial charge on any atom is -0.328 e. The molecule has 2 aliphatic rings. The van der Waals surface area contributed by atoms with Gasteiger partial charge < -0.3 is 4.90 Å². The Morgan fingerprint density at radius 1 is 1.24 bits per heavy atom. The van der Waals surface area contributed by atoms with Crippen molar-refractivity contribution < 1.29 is 14.0 Å². The Balaban J connectivity index is 1.51. The fraction of sp³-hybridized carbons (Fsp3) is 0.375. The lowest BCUT2D eigenvalue weighted by Gasteiger charge is -2.31. The molecule has 4 heterocycles. The number of aromatic amines is 1. The molecule has 3 aromatic rings. The number of anilines is 1. The van der Waals surface area contributed by atoms with Crippen molar-refractivity contribution in [3.05, 3.63) is 70.2 Å². The number of hydrogen-bond donors (Lipinski definition) is 1. The maximum absolute atomic E-state index is 13.7. The number of halogens is 1. The molecule has 1 fully saturated rings. The van der Waals surface area contributed by atoms with Crippen LogP contribution in [-0.2, 0) is 17.8 Å². The molecule has 170 valence electrons. The van der Waals surface area contributed by atoms with Gasteiger partial charge >= 0.3 is 0 Å². The Morgan fingerprint density at radius 3 is 2.85 bits per heavy atom. The quantitative estimate of drug-likeness (QED) is 0.660. The van der Waals surface area contributed by atoms with Crippen LogP contribution in [0.15, 0.2) is 30.5 Å². The van der Waals surface area contributed by atoms with E-state index in [1.54, 1.807) is 28.1 Å². The van der Waals surface area contributed by atoms with Gasteiger partial charge in [-0.3, -0.25) is 19.6 Å². The molecule has 1 aromatic carbocycles. The van der Waals surface area contributed by atoms with Gasteiger partial charge in [0.15, 0.2) is 5.82 Å². The molecule has 1 N–H and O–H groups in total. The van der Waals surface area contributed by atoms with Crippen molar-refractivity contribution >= 4 is 17.6 Å². The predicted octanol–water partition coefficient (Wildman–Crippen LogP) is 3.41. The Labute approximate surface area is 190 Å². The van der Waals surface area contributed by atoms with Gasteiger partial charge in [-0.05, 0) is 50.8 Å². The van der Waals surface area contributed by atoms with Gasteiger partial charge in [0, 0.05) is 29.9 Å². The summed E-state index contributed by atoms with van der Waals surface area (Å²) in [5, 5.41) is 6.79. The van der Waals surface area contributed by atoms with Crippen LogP contribution in [-0.4, -0.2) is 43.4 Å². The Bertz CT molecular complexity index is 1240. The van der Waals surface area contributed by atoms with Crippen molar-refractivity contribution in [2.24, 2.45) is 0 Å². The lowest BCUT2D eigenvalue weighted by Crippen LogP contribution is -2.37. The smallest absolute Gasteiger partial charge is 0.257 e. The number of hydrogen-bond acceptors (Lipinski definition) is 5. The highest BCUT2D eigenvalue weighted by molar-refractivity contribution is 5.96. The van der Waals surface area contributed by atoms with Gasteiger partial charge in [-0.1, -0.05) is 12.1 Å². The van der Waals surface area contributed by atoms with Crippen molar-refractivity contribution in [2.45, 2.75) is 52.1 Å². The molecular formula is C24H25FN6O2. The number of amides is 2. The lowest BCUT2D eigenvalue weighted by atomic mass is 10.0. The van der Waals surface area contributed by atoms with Crippen molar-refractivity contribution in [2.75, 3.05) is 11.4 Å². The maximum atomic E-state index is 13.7. The molecule has 5 rings (SSSR count). The number of aryl methyl sites for hydroxylation is 2. The molecular weight excluding hydrogens is 423 g/mol. The third kappa shape index (κ3) is 3.88. The highest BCUT2D eigenvalue weighted by Gasteiger charge is 2.36. The van der Waals surface area contributed by atoms with Crippen LogP contribution >= 0.6 is 0 Å². The summed E-state index contributed by atoms with van der Waals surface area (Å²) in [6.45, 7) is 4.59. The van der Waals surface area contributed by atoms with E-state index in [1.807, 2.05) is 13.8 Å². The molecule has 0 bridgehead atoms. The average Bonchev–Trinajstić information content (AvgIpc) is 3.44. The molecule has 1 saturated heterocycles. The van der Waals surface area contributed by atoms with Crippen molar-refractivity contribution in [3.63, 3.8) is 0 Å². The van der Waals surface area contributed by atoms with Crippen LogP contribution in [0.25, 0.3) is 0 Å². The van der Waals surface area contributed by atoms with Crippen molar-refractivity contribution in [1.82, 2.24) is 25.1 Å². The maximum Gasteiger partial charge on any atom is 0.257 e. The second kappa shape index (κ2) is 8.38. The lowest BCUT2D eigenvalue weighted by molar-refractivity contribution is -0.119. The summed E-state index contributed by atoms with van der Waals surface area (Å²) < 4.78 is 13.7. The zero-order chi connectivity index (χ0) is 23.1. The third-order valence-corrected chi connectivity index (χ3v) is 6.46. The van der Waals surface area contributed by atoms with E-state index in [0.29, 0.717) is 42.2 Å². The molecule has 2 amide bonds. The first-order chi connectivity index (χ1) is 15.9.